The molecule has 1 aliphatic carbocycles. The normalized spacial score (nSPS) is 23.9. The van der Waals surface area contributed by atoms with E-state index in [-0.39, 0.29) is 0 Å². The number of likely N-dealkylation sites (tertiary alicyclic amines) is 1. The molecule has 1 aliphatic heterocycles. The van der Waals surface area contributed by atoms with Crippen LogP contribution in [-0.2, 0) is 13.6 Å². The van der Waals surface area contributed by atoms with Crippen LogP contribution in [0.5, 0.6) is 0 Å². The first-order valence-electron chi connectivity index (χ1n) is 8.91. The van der Waals surface area contributed by atoms with E-state index in [0.29, 0.717) is 6.04 Å². The van der Waals surface area contributed by atoms with Gasteiger partial charge in [0, 0.05) is 19.6 Å². The Balaban J connectivity index is 1.44. The van der Waals surface area contributed by atoms with Gasteiger partial charge in [0.2, 0.25) is 0 Å². The van der Waals surface area contributed by atoms with Crippen molar-refractivity contribution in [3.63, 3.8) is 0 Å². The van der Waals surface area contributed by atoms with Crippen molar-refractivity contribution in [2.45, 2.75) is 58.0 Å². The molecule has 1 aromatic rings. The first kappa shape index (κ1) is 15.9. The zero-order valence-electron chi connectivity index (χ0n) is 14.5. The number of rotatable bonds is 6. The van der Waals surface area contributed by atoms with Crippen LogP contribution in [0.4, 0.5) is 0 Å². The van der Waals surface area contributed by atoms with Gasteiger partial charge in [-0.1, -0.05) is 25.7 Å². The van der Waals surface area contributed by atoms with Crippen LogP contribution in [0.3, 0.4) is 0 Å². The molecule has 1 saturated carbocycles. The lowest BCUT2D eigenvalue weighted by Gasteiger charge is -2.24. The van der Waals surface area contributed by atoms with Crippen molar-refractivity contribution in [1.29, 1.82) is 0 Å². The summed E-state index contributed by atoms with van der Waals surface area (Å²) in [5.41, 5.74) is 0. The Morgan fingerprint density at radius 1 is 1.18 bits per heavy atom. The minimum Gasteiger partial charge on any atom is -0.317 e. The second kappa shape index (κ2) is 7.09. The molecule has 3 rings (SSSR count). The van der Waals surface area contributed by atoms with Gasteiger partial charge in [-0.3, -0.25) is 4.90 Å². The molecule has 0 aromatic carbocycles. The highest BCUT2D eigenvalue weighted by atomic mass is 15.3. The number of aromatic nitrogens is 3. The second-order valence-electron chi connectivity index (χ2n) is 7.32. The third-order valence-electron chi connectivity index (χ3n) is 5.77. The van der Waals surface area contributed by atoms with Gasteiger partial charge >= 0.3 is 0 Å². The molecule has 1 unspecified atom stereocenters. The van der Waals surface area contributed by atoms with Gasteiger partial charge in [-0.05, 0) is 45.8 Å². The van der Waals surface area contributed by atoms with Crippen LogP contribution in [-0.4, -0.2) is 57.3 Å². The van der Waals surface area contributed by atoms with Crippen molar-refractivity contribution < 1.29 is 0 Å². The molecule has 22 heavy (non-hydrogen) atoms. The molecule has 0 radical (unpaired) electrons. The van der Waals surface area contributed by atoms with Crippen LogP contribution in [0.1, 0.15) is 50.2 Å². The summed E-state index contributed by atoms with van der Waals surface area (Å²) in [5, 5.41) is 8.45. The van der Waals surface area contributed by atoms with E-state index in [2.05, 4.69) is 38.7 Å². The Kier molecular flexibility index (Phi) is 5.14. The predicted molar refractivity (Wildman–Crippen MR) is 88.6 cm³/mol. The summed E-state index contributed by atoms with van der Waals surface area (Å²) in [6, 6.07) is 0.667. The summed E-state index contributed by atoms with van der Waals surface area (Å²) in [7, 11) is 4.29. The maximum Gasteiger partial charge on any atom is 0.146 e. The van der Waals surface area contributed by atoms with Gasteiger partial charge in [0.05, 0.1) is 6.54 Å². The monoisotopic (exact) mass is 305 g/mol. The largest absolute Gasteiger partial charge is 0.317 e. The highest BCUT2D eigenvalue weighted by Gasteiger charge is 2.27. The molecular weight excluding hydrogens is 274 g/mol. The van der Waals surface area contributed by atoms with E-state index in [1.165, 1.54) is 58.2 Å². The highest BCUT2D eigenvalue weighted by Crippen LogP contribution is 2.28. The van der Waals surface area contributed by atoms with Crippen LogP contribution >= 0.6 is 0 Å². The summed E-state index contributed by atoms with van der Waals surface area (Å²) >= 11 is 0. The number of aryl methyl sites for hydroxylation is 1. The lowest BCUT2D eigenvalue weighted by Crippen LogP contribution is -2.35. The van der Waals surface area contributed by atoms with E-state index >= 15 is 0 Å². The van der Waals surface area contributed by atoms with Gasteiger partial charge in [0.15, 0.2) is 0 Å². The van der Waals surface area contributed by atoms with Gasteiger partial charge in [0.1, 0.15) is 11.6 Å². The fourth-order valence-corrected chi connectivity index (χ4v) is 3.98. The summed E-state index contributed by atoms with van der Waals surface area (Å²) in [6.07, 6.45) is 8.59. The highest BCUT2D eigenvalue weighted by molar-refractivity contribution is 4.94. The minimum atomic E-state index is 0.667. The van der Waals surface area contributed by atoms with Crippen molar-refractivity contribution in [3.05, 3.63) is 11.6 Å². The second-order valence-corrected chi connectivity index (χ2v) is 7.32. The lowest BCUT2D eigenvalue weighted by molar-refractivity contribution is 0.214. The zero-order valence-corrected chi connectivity index (χ0v) is 14.5. The fraction of sp³-hybridized carbons (Fsp3) is 0.882. The summed E-state index contributed by atoms with van der Waals surface area (Å²) in [4.78, 5) is 5.13. The van der Waals surface area contributed by atoms with Gasteiger partial charge in [-0.2, -0.15) is 0 Å². The van der Waals surface area contributed by atoms with Crippen molar-refractivity contribution in [1.82, 2.24) is 24.6 Å². The molecule has 1 aromatic heterocycles. The molecule has 0 bridgehead atoms. The van der Waals surface area contributed by atoms with E-state index in [4.69, 9.17) is 0 Å². The predicted octanol–water partition coefficient (Wildman–Crippen LogP) is 2.21. The third-order valence-corrected chi connectivity index (χ3v) is 5.77. The molecule has 2 fully saturated rings. The van der Waals surface area contributed by atoms with Gasteiger partial charge < -0.3 is 9.47 Å². The Bertz CT molecular complexity index is 477. The molecule has 1 atom stereocenters. The maximum absolute atomic E-state index is 4.29. The Hall–Kier alpha value is -0.940. The first-order chi connectivity index (χ1) is 10.6. The summed E-state index contributed by atoms with van der Waals surface area (Å²) in [5.74, 6) is 3.08. The van der Waals surface area contributed by atoms with Crippen molar-refractivity contribution >= 4 is 0 Å². The van der Waals surface area contributed by atoms with Crippen molar-refractivity contribution in [3.8, 4) is 0 Å². The fourth-order valence-electron chi connectivity index (χ4n) is 3.98. The smallest absolute Gasteiger partial charge is 0.146 e. The zero-order chi connectivity index (χ0) is 15.5. The molecule has 0 amide bonds. The molecule has 0 spiro atoms. The standard InChI is InChI=1S/C17H31N5/c1-14-18-19-17(21(14)3)13-20(2)16-9-11-22(12-16)10-8-15-6-4-5-7-15/h15-16H,4-13H2,1-3H3. The quantitative estimate of drug-likeness (QED) is 0.807. The van der Waals surface area contributed by atoms with E-state index in [9.17, 15) is 0 Å². The topological polar surface area (TPSA) is 37.2 Å². The Morgan fingerprint density at radius 2 is 1.95 bits per heavy atom. The molecule has 1 saturated heterocycles. The summed E-state index contributed by atoms with van der Waals surface area (Å²) < 4.78 is 2.10. The number of hydrogen-bond donors (Lipinski definition) is 0. The van der Waals surface area contributed by atoms with Crippen LogP contribution < -0.4 is 0 Å². The van der Waals surface area contributed by atoms with Crippen LogP contribution in [0.15, 0.2) is 0 Å². The van der Waals surface area contributed by atoms with Crippen molar-refractivity contribution in [2.75, 3.05) is 26.7 Å². The van der Waals surface area contributed by atoms with Crippen LogP contribution in [0.25, 0.3) is 0 Å². The summed E-state index contributed by atoms with van der Waals surface area (Å²) in [6.45, 7) is 6.70. The van der Waals surface area contributed by atoms with Crippen LogP contribution in [0, 0.1) is 12.8 Å². The number of nitrogens with zero attached hydrogens (tertiary/aromatic N) is 5. The van der Waals surface area contributed by atoms with Gasteiger partial charge in [-0.25, -0.2) is 0 Å². The molecule has 2 aliphatic rings. The van der Waals surface area contributed by atoms with Crippen LogP contribution in [0.2, 0.25) is 0 Å². The molecule has 124 valence electrons. The van der Waals surface area contributed by atoms with E-state index in [1.807, 2.05) is 6.92 Å². The van der Waals surface area contributed by atoms with E-state index in [1.54, 1.807) is 0 Å². The number of likely N-dealkylation sites (N-methyl/N-ethyl adjacent to an activating group) is 1. The average molecular weight is 305 g/mol. The molecule has 5 heteroatoms. The maximum atomic E-state index is 4.29. The average Bonchev–Trinajstić information content (AvgIpc) is 3.23. The molecule has 5 nitrogen and oxygen atoms in total. The minimum absolute atomic E-state index is 0.667. The van der Waals surface area contributed by atoms with Crippen molar-refractivity contribution in [2.24, 2.45) is 13.0 Å². The Morgan fingerprint density at radius 3 is 2.64 bits per heavy atom. The molecule has 2 heterocycles. The first-order valence-corrected chi connectivity index (χ1v) is 8.91. The third kappa shape index (κ3) is 3.69. The molecular formula is C17H31N5. The Labute approximate surface area is 134 Å². The van der Waals surface area contributed by atoms with E-state index in [0.717, 1.165) is 24.1 Å². The van der Waals surface area contributed by atoms with E-state index < -0.39 is 0 Å². The van der Waals surface area contributed by atoms with Gasteiger partial charge in [0.25, 0.3) is 0 Å². The SMILES string of the molecule is Cc1nnc(CN(C)C2CCN(CCC3CCCC3)C2)n1C. The van der Waals surface area contributed by atoms with Gasteiger partial charge in [-0.15, -0.1) is 10.2 Å². The number of hydrogen-bond acceptors (Lipinski definition) is 4. The molecule has 0 N–H and O–H groups in total. The lowest BCUT2D eigenvalue weighted by atomic mass is 10.0.